The predicted molar refractivity (Wildman–Crippen MR) is 106 cm³/mol. The average Bonchev–Trinajstić information content (AvgIpc) is 3.16. The van der Waals surface area contributed by atoms with Crippen LogP contribution in [0, 0.1) is 6.92 Å². The van der Waals surface area contributed by atoms with Gasteiger partial charge in [0, 0.05) is 0 Å². The summed E-state index contributed by atoms with van der Waals surface area (Å²) in [5.41, 5.74) is 5.17. The molecule has 0 spiro atoms. The zero-order valence-electron chi connectivity index (χ0n) is 15.3. The summed E-state index contributed by atoms with van der Waals surface area (Å²) >= 11 is 0.137. The van der Waals surface area contributed by atoms with Crippen molar-refractivity contribution in [3.05, 3.63) is 63.6 Å². The van der Waals surface area contributed by atoms with Gasteiger partial charge in [-0.3, -0.25) is 0 Å². The van der Waals surface area contributed by atoms with Gasteiger partial charge < -0.3 is 0 Å². The van der Waals surface area contributed by atoms with E-state index in [2.05, 4.69) is 42.7 Å². The minimum absolute atomic E-state index is 0.137. The van der Waals surface area contributed by atoms with Gasteiger partial charge in [-0.25, -0.2) is 0 Å². The summed E-state index contributed by atoms with van der Waals surface area (Å²) in [4.78, 5) is 7.00. The molecule has 0 saturated heterocycles. The van der Waals surface area contributed by atoms with Gasteiger partial charge in [-0.15, -0.1) is 0 Å². The van der Waals surface area contributed by atoms with E-state index in [9.17, 15) is 0 Å². The zero-order chi connectivity index (χ0) is 18.7. The Kier molecular flexibility index (Phi) is 5.50. The molecule has 1 aromatic heterocycles. The van der Waals surface area contributed by atoms with Gasteiger partial charge in [0.1, 0.15) is 0 Å². The molecule has 3 rings (SSSR count). The van der Waals surface area contributed by atoms with Crippen molar-refractivity contribution in [2.24, 2.45) is 0 Å². The van der Waals surface area contributed by atoms with Crippen molar-refractivity contribution in [3.63, 3.8) is 0 Å². The monoisotopic (exact) mass is 415 g/mol. The van der Waals surface area contributed by atoms with Crippen LogP contribution in [0.1, 0.15) is 15.7 Å². The Morgan fingerprint density at radius 1 is 0.962 bits per heavy atom. The second-order valence-corrected chi connectivity index (χ2v) is 7.60. The van der Waals surface area contributed by atoms with Crippen LogP contribution >= 0.6 is 0 Å². The molecule has 0 aliphatic carbocycles. The molecule has 5 heteroatoms. The third kappa shape index (κ3) is 3.55. The molecule has 3 aromatic rings. The van der Waals surface area contributed by atoms with E-state index in [4.69, 9.17) is 19.2 Å². The average molecular weight is 414 g/mol. The number of benzene rings is 2. The molecule has 0 atom stereocenters. The molecule has 0 N–H and O–H groups in total. The van der Waals surface area contributed by atoms with E-state index in [-0.39, 0.29) is 14.5 Å². The third-order valence-electron chi connectivity index (χ3n) is 4.12. The van der Waals surface area contributed by atoms with Crippen LogP contribution in [0.3, 0.4) is 0 Å². The van der Waals surface area contributed by atoms with Gasteiger partial charge in [-0.05, 0) is 0 Å². The van der Waals surface area contributed by atoms with E-state index < -0.39 is 0 Å². The Bertz CT molecular complexity index is 904. The van der Waals surface area contributed by atoms with E-state index >= 15 is 0 Å². The molecule has 0 amide bonds. The van der Waals surface area contributed by atoms with Crippen molar-refractivity contribution in [2.45, 2.75) is 6.92 Å². The van der Waals surface area contributed by atoms with Gasteiger partial charge in [0.15, 0.2) is 0 Å². The first kappa shape index (κ1) is 18.3. The van der Waals surface area contributed by atoms with Gasteiger partial charge in [0.25, 0.3) is 0 Å². The number of aromatic nitrogens is 1. The zero-order valence-corrected chi connectivity index (χ0v) is 17.0. The summed E-state index contributed by atoms with van der Waals surface area (Å²) in [7, 11) is 4.81. The second-order valence-electron chi connectivity index (χ2n) is 5.80. The fraction of sp³-hybridized carbons (Fsp3) is 0.190. The van der Waals surface area contributed by atoms with E-state index in [1.165, 1.54) is 5.56 Å². The fourth-order valence-corrected chi connectivity index (χ4v) is 4.38. The molecule has 0 bridgehead atoms. The van der Waals surface area contributed by atoms with Crippen LogP contribution in [0.5, 0.6) is 17.2 Å². The number of nitrogens with zero attached hydrogens (tertiary/aromatic N) is 1. The molecule has 0 fully saturated rings. The van der Waals surface area contributed by atoms with Crippen molar-refractivity contribution in [1.82, 2.24) is 4.98 Å². The molecular formula is C21H21NO3Se. The topological polar surface area (TPSA) is 40.6 Å². The van der Waals surface area contributed by atoms with Crippen molar-refractivity contribution >= 4 is 20.1 Å². The van der Waals surface area contributed by atoms with Crippen molar-refractivity contribution in [3.8, 4) is 28.5 Å². The molecule has 26 heavy (non-hydrogen) atoms. The molecule has 4 nitrogen and oxygen atoms in total. The van der Waals surface area contributed by atoms with Crippen LogP contribution in [0.15, 0.2) is 47.9 Å². The molecule has 0 radical (unpaired) electrons. The number of aryl methyl sites for hydroxylation is 1. The quantitative estimate of drug-likeness (QED) is 0.567. The first-order chi connectivity index (χ1) is 12.6. The molecule has 0 saturated carbocycles. The van der Waals surface area contributed by atoms with Gasteiger partial charge in [-0.2, -0.15) is 0 Å². The van der Waals surface area contributed by atoms with Crippen molar-refractivity contribution in [1.29, 1.82) is 0 Å². The second kappa shape index (κ2) is 7.81. The maximum absolute atomic E-state index is 5.44. The summed E-state index contributed by atoms with van der Waals surface area (Å²) < 4.78 is 17.3. The summed E-state index contributed by atoms with van der Waals surface area (Å²) in [6.07, 6.45) is 0. The number of ether oxygens (including phenoxy) is 3. The molecular weight excluding hydrogens is 393 g/mol. The van der Waals surface area contributed by atoms with Crippen LogP contribution in [0.4, 0.5) is 0 Å². The molecule has 1 heterocycles. The summed E-state index contributed by atoms with van der Waals surface area (Å²) in [5.74, 6) is 1.80. The summed E-state index contributed by atoms with van der Waals surface area (Å²) in [5, 5.41) is 0. The first-order valence-electron chi connectivity index (χ1n) is 8.09. The Balaban J connectivity index is 1.96. The summed E-state index contributed by atoms with van der Waals surface area (Å²) in [6.45, 7) is 6.34. The van der Waals surface area contributed by atoms with Crippen LogP contribution in [-0.2, 0) is 0 Å². The van der Waals surface area contributed by atoms with Gasteiger partial charge in [0.05, 0.1) is 0 Å². The van der Waals surface area contributed by atoms with Crippen molar-refractivity contribution < 1.29 is 14.2 Å². The Hall–Kier alpha value is -2.49. The van der Waals surface area contributed by atoms with Gasteiger partial charge in [-0.1, -0.05) is 0 Å². The molecule has 0 aliphatic heterocycles. The van der Waals surface area contributed by atoms with Crippen LogP contribution in [0.2, 0.25) is 0 Å². The number of hydrogen-bond acceptors (Lipinski definition) is 4. The fourth-order valence-electron chi connectivity index (χ4n) is 2.65. The molecule has 2 aromatic carbocycles. The van der Waals surface area contributed by atoms with E-state index in [0.717, 1.165) is 27.0 Å². The Morgan fingerprint density at radius 2 is 1.58 bits per heavy atom. The summed E-state index contributed by atoms with van der Waals surface area (Å²) in [6, 6.07) is 12.2. The Morgan fingerprint density at radius 3 is 2.12 bits per heavy atom. The van der Waals surface area contributed by atoms with Gasteiger partial charge >= 0.3 is 160 Å². The van der Waals surface area contributed by atoms with Crippen LogP contribution in [-0.4, -0.2) is 40.8 Å². The minimum atomic E-state index is 0.137. The molecule has 0 aliphatic rings. The van der Waals surface area contributed by atoms with E-state index in [0.29, 0.717) is 17.2 Å². The predicted octanol–water partition coefficient (Wildman–Crippen LogP) is 4.20. The molecule has 134 valence electrons. The van der Waals surface area contributed by atoms with Crippen molar-refractivity contribution in [2.75, 3.05) is 21.3 Å². The van der Waals surface area contributed by atoms with Crippen LogP contribution < -0.4 is 14.2 Å². The maximum atomic E-state index is 5.44. The number of rotatable bonds is 6. The third-order valence-corrected chi connectivity index (χ3v) is 6.02. The Labute approximate surface area is 159 Å². The van der Waals surface area contributed by atoms with Gasteiger partial charge in [0.2, 0.25) is 0 Å². The number of hydrogen-bond donors (Lipinski definition) is 0. The normalized spacial score (nSPS) is 10.5. The molecule has 0 unspecified atom stereocenters. The SMILES string of the molecule is C=C(c1cc(OC)c(OC)c(OC)c1)c1nc(-c2ccc(C)cc2)c[se]1. The van der Waals surface area contributed by atoms with Crippen LogP contribution in [0.25, 0.3) is 16.8 Å². The number of methoxy groups -OCH3 is 3. The van der Waals surface area contributed by atoms with E-state index in [1.807, 2.05) is 12.1 Å². The standard InChI is InChI=1S/C21H21NO3Se/c1-13-6-8-15(9-7-13)17-12-26-21(22-17)14(2)16-10-18(23-3)20(25-5)19(11-16)24-4/h6-12H,2H2,1,3-5H3. The first-order valence-corrected chi connectivity index (χ1v) is 9.94. The van der Waals surface area contributed by atoms with E-state index in [1.54, 1.807) is 21.3 Å².